The van der Waals surface area contributed by atoms with Gasteiger partial charge in [0.25, 0.3) is 0 Å². The van der Waals surface area contributed by atoms with Crippen molar-refractivity contribution in [3.8, 4) is 6.07 Å². The zero-order chi connectivity index (χ0) is 18.7. The van der Waals surface area contributed by atoms with Crippen LogP contribution in [0.1, 0.15) is 17.5 Å². The van der Waals surface area contributed by atoms with Crippen LogP contribution in [0.25, 0.3) is 0 Å². The van der Waals surface area contributed by atoms with Gasteiger partial charge in [0.05, 0.1) is 24.8 Å². The van der Waals surface area contributed by atoms with Crippen molar-refractivity contribution in [3.05, 3.63) is 59.0 Å². The maximum atomic E-state index is 13.7. The van der Waals surface area contributed by atoms with Gasteiger partial charge in [0.15, 0.2) is 11.6 Å². The summed E-state index contributed by atoms with van der Waals surface area (Å²) in [5, 5.41) is 9.34. The predicted octanol–water partition coefficient (Wildman–Crippen LogP) is 3.46. The molecule has 1 aromatic carbocycles. The fraction of sp³-hybridized carbons (Fsp3) is 0.333. The van der Waals surface area contributed by atoms with E-state index in [4.69, 9.17) is 4.74 Å². The Hall–Kier alpha value is -2.24. The van der Waals surface area contributed by atoms with Crippen LogP contribution in [-0.4, -0.2) is 29.4 Å². The van der Waals surface area contributed by atoms with E-state index in [1.807, 2.05) is 4.90 Å². The number of thiol groups is 1. The minimum atomic E-state index is -1.23. The standard InChI is InChI=1S/C18H16F3N3OS/c19-15-6-17(21)16(20)4-12(15)9-25-10-13-5-14(26)8-24(13)18-11(7-22)2-1-3-23-18/h1-4,6,13-14,26H,5,8-10H2/t13-,14+/m0/s1. The van der Waals surface area contributed by atoms with Crippen LogP contribution >= 0.6 is 12.6 Å². The van der Waals surface area contributed by atoms with E-state index < -0.39 is 17.5 Å². The van der Waals surface area contributed by atoms with Gasteiger partial charge in [0, 0.05) is 29.6 Å². The Morgan fingerprint density at radius 1 is 1.27 bits per heavy atom. The summed E-state index contributed by atoms with van der Waals surface area (Å²) in [4.78, 5) is 6.22. The average molecular weight is 379 g/mol. The van der Waals surface area contributed by atoms with Crippen LogP contribution in [0.4, 0.5) is 19.0 Å². The van der Waals surface area contributed by atoms with Crippen LogP contribution in [0, 0.1) is 28.8 Å². The van der Waals surface area contributed by atoms with Gasteiger partial charge < -0.3 is 9.64 Å². The SMILES string of the molecule is N#Cc1cccnc1N1C[C@H](S)C[C@H]1COCc1cc(F)c(F)cc1F. The summed E-state index contributed by atoms with van der Waals surface area (Å²) in [5.74, 6) is -2.64. The summed E-state index contributed by atoms with van der Waals surface area (Å²) in [7, 11) is 0. The van der Waals surface area contributed by atoms with Crippen molar-refractivity contribution < 1.29 is 17.9 Å². The van der Waals surface area contributed by atoms with E-state index in [0.717, 1.165) is 6.07 Å². The smallest absolute Gasteiger partial charge is 0.161 e. The van der Waals surface area contributed by atoms with Crippen molar-refractivity contribution in [1.29, 1.82) is 5.26 Å². The monoisotopic (exact) mass is 379 g/mol. The summed E-state index contributed by atoms with van der Waals surface area (Å²) in [6.07, 6.45) is 2.31. The van der Waals surface area contributed by atoms with E-state index in [2.05, 4.69) is 23.7 Å². The first-order valence-corrected chi connectivity index (χ1v) is 8.52. The normalized spacial score (nSPS) is 19.6. The lowest BCUT2D eigenvalue weighted by Crippen LogP contribution is -2.34. The van der Waals surface area contributed by atoms with Gasteiger partial charge in [-0.3, -0.25) is 0 Å². The summed E-state index contributed by atoms with van der Waals surface area (Å²) in [6.45, 7) is 0.636. The van der Waals surface area contributed by atoms with E-state index in [1.54, 1.807) is 18.3 Å². The zero-order valence-corrected chi connectivity index (χ0v) is 14.6. The second-order valence-electron chi connectivity index (χ2n) is 6.05. The Bertz CT molecular complexity index is 843. The molecule has 0 aliphatic carbocycles. The summed E-state index contributed by atoms with van der Waals surface area (Å²) in [5.41, 5.74) is 0.401. The highest BCUT2D eigenvalue weighted by Gasteiger charge is 2.32. The quantitative estimate of drug-likeness (QED) is 0.639. The topological polar surface area (TPSA) is 49.2 Å². The van der Waals surface area contributed by atoms with Crippen molar-refractivity contribution in [2.75, 3.05) is 18.1 Å². The first-order chi connectivity index (χ1) is 12.5. The second kappa shape index (κ2) is 7.98. The number of anilines is 1. The molecule has 0 N–H and O–H groups in total. The first kappa shape index (κ1) is 18.5. The molecule has 1 aliphatic rings. The van der Waals surface area contributed by atoms with Crippen LogP contribution in [0.15, 0.2) is 30.5 Å². The lowest BCUT2D eigenvalue weighted by molar-refractivity contribution is 0.106. The minimum Gasteiger partial charge on any atom is -0.375 e. The highest BCUT2D eigenvalue weighted by Crippen LogP contribution is 2.29. The second-order valence-corrected chi connectivity index (χ2v) is 6.79. The molecule has 4 nitrogen and oxygen atoms in total. The molecule has 1 saturated heterocycles. The summed E-state index contributed by atoms with van der Waals surface area (Å²) >= 11 is 4.50. The number of ether oxygens (including phenoxy) is 1. The molecule has 1 aromatic heterocycles. The molecule has 0 radical (unpaired) electrons. The van der Waals surface area contributed by atoms with Gasteiger partial charge in [0.1, 0.15) is 17.7 Å². The molecule has 26 heavy (non-hydrogen) atoms. The van der Waals surface area contributed by atoms with Gasteiger partial charge >= 0.3 is 0 Å². The van der Waals surface area contributed by atoms with Gasteiger partial charge in [-0.1, -0.05) is 0 Å². The van der Waals surface area contributed by atoms with Gasteiger partial charge in [-0.15, -0.1) is 0 Å². The van der Waals surface area contributed by atoms with E-state index in [9.17, 15) is 18.4 Å². The highest BCUT2D eigenvalue weighted by molar-refractivity contribution is 7.81. The number of rotatable bonds is 5. The Labute approximate surface area is 154 Å². The fourth-order valence-electron chi connectivity index (χ4n) is 3.00. The van der Waals surface area contributed by atoms with Crippen molar-refractivity contribution in [2.45, 2.75) is 24.3 Å². The molecule has 8 heteroatoms. The Balaban J connectivity index is 1.69. The van der Waals surface area contributed by atoms with Gasteiger partial charge in [0.2, 0.25) is 0 Å². The Morgan fingerprint density at radius 2 is 2.04 bits per heavy atom. The first-order valence-electron chi connectivity index (χ1n) is 8.00. The summed E-state index contributed by atoms with van der Waals surface area (Å²) in [6, 6.07) is 6.68. The van der Waals surface area contributed by atoms with Crippen LogP contribution in [0.5, 0.6) is 0 Å². The lowest BCUT2D eigenvalue weighted by Gasteiger charge is -2.26. The van der Waals surface area contributed by atoms with Gasteiger partial charge in [-0.25, -0.2) is 18.2 Å². The predicted molar refractivity (Wildman–Crippen MR) is 93.4 cm³/mol. The van der Waals surface area contributed by atoms with E-state index >= 15 is 0 Å². The molecule has 2 heterocycles. The zero-order valence-electron chi connectivity index (χ0n) is 13.7. The number of aromatic nitrogens is 1. The molecule has 2 atom stereocenters. The van der Waals surface area contributed by atoms with Gasteiger partial charge in [-0.2, -0.15) is 17.9 Å². The number of halogens is 3. The lowest BCUT2D eigenvalue weighted by atomic mass is 10.2. The largest absolute Gasteiger partial charge is 0.375 e. The number of nitriles is 1. The molecule has 0 amide bonds. The molecule has 0 unspecified atom stereocenters. The van der Waals surface area contributed by atoms with Crippen molar-refractivity contribution >= 4 is 18.4 Å². The van der Waals surface area contributed by atoms with Crippen molar-refractivity contribution in [2.24, 2.45) is 0 Å². The molecule has 0 saturated carbocycles. The molecule has 2 aromatic rings. The van der Waals surface area contributed by atoms with E-state index in [-0.39, 0.29) is 30.1 Å². The molecule has 1 fully saturated rings. The molecule has 0 spiro atoms. The molecular weight excluding hydrogens is 363 g/mol. The molecule has 1 aliphatic heterocycles. The van der Waals surface area contributed by atoms with Crippen molar-refractivity contribution in [1.82, 2.24) is 4.98 Å². The molecule has 0 bridgehead atoms. The number of hydrogen-bond donors (Lipinski definition) is 1. The maximum absolute atomic E-state index is 13.7. The van der Waals surface area contributed by atoms with E-state index in [0.29, 0.717) is 30.4 Å². The average Bonchev–Trinajstić information content (AvgIpc) is 2.99. The third-order valence-electron chi connectivity index (χ3n) is 4.23. The Morgan fingerprint density at radius 3 is 2.81 bits per heavy atom. The van der Waals surface area contributed by atoms with E-state index in [1.165, 1.54) is 0 Å². The van der Waals surface area contributed by atoms with Crippen LogP contribution in [0.3, 0.4) is 0 Å². The number of nitrogens with zero attached hydrogens (tertiary/aromatic N) is 3. The molecule has 136 valence electrons. The number of benzene rings is 1. The van der Waals surface area contributed by atoms with Crippen LogP contribution < -0.4 is 4.90 Å². The number of hydrogen-bond acceptors (Lipinski definition) is 5. The van der Waals surface area contributed by atoms with Gasteiger partial charge in [-0.05, 0) is 24.6 Å². The molecule has 3 rings (SSSR count). The van der Waals surface area contributed by atoms with Crippen LogP contribution in [0.2, 0.25) is 0 Å². The fourth-order valence-corrected chi connectivity index (χ4v) is 3.42. The third-order valence-corrected chi connectivity index (χ3v) is 4.60. The highest BCUT2D eigenvalue weighted by atomic mass is 32.1. The van der Waals surface area contributed by atoms with Crippen molar-refractivity contribution in [3.63, 3.8) is 0 Å². The Kier molecular flexibility index (Phi) is 5.69. The number of pyridine rings is 1. The molecular formula is C18H16F3N3OS. The van der Waals surface area contributed by atoms with Crippen LogP contribution in [-0.2, 0) is 11.3 Å². The minimum absolute atomic E-state index is 0.0496. The third kappa shape index (κ3) is 3.94. The summed E-state index contributed by atoms with van der Waals surface area (Å²) < 4.78 is 45.4. The maximum Gasteiger partial charge on any atom is 0.161 e.